The number of benzene rings is 1. The summed E-state index contributed by atoms with van der Waals surface area (Å²) in [6.45, 7) is 3.48. The van der Waals surface area contributed by atoms with Gasteiger partial charge in [0.2, 0.25) is 0 Å². The van der Waals surface area contributed by atoms with Gasteiger partial charge in [0, 0.05) is 5.56 Å². The summed E-state index contributed by atoms with van der Waals surface area (Å²) in [6, 6.07) is 9.79. The number of aromatic nitrogens is 1. The zero-order valence-corrected chi connectivity index (χ0v) is 10.3. The molecule has 0 saturated carbocycles. The molecule has 0 bridgehead atoms. The third-order valence-electron chi connectivity index (χ3n) is 3.20. The van der Waals surface area contributed by atoms with Crippen molar-refractivity contribution in [3.05, 3.63) is 46.2 Å². The smallest absolute Gasteiger partial charge is 0.254 e. The molecule has 1 aromatic heterocycles. The number of aryl methyl sites for hydroxylation is 1. The Kier molecular flexibility index (Phi) is 2.89. The van der Waals surface area contributed by atoms with Crippen molar-refractivity contribution in [2.24, 2.45) is 0 Å². The summed E-state index contributed by atoms with van der Waals surface area (Å²) in [6.07, 6.45) is -0.312. The van der Waals surface area contributed by atoms with E-state index in [1.165, 1.54) is 0 Å². The van der Waals surface area contributed by atoms with Crippen molar-refractivity contribution in [3.63, 3.8) is 0 Å². The van der Waals surface area contributed by atoms with Crippen LogP contribution in [0.5, 0.6) is 0 Å². The lowest BCUT2D eigenvalue weighted by Crippen LogP contribution is -2.28. The topological polar surface area (TPSA) is 40.5 Å². The maximum atomic E-state index is 12.2. The van der Waals surface area contributed by atoms with Crippen molar-refractivity contribution in [2.75, 3.05) is 13.2 Å². The Hall–Kier alpha value is -1.65. The minimum atomic E-state index is -0.312. The number of hydrogen-bond donors (Lipinski definition) is 0. The second-order valence-corrected chi connectivity index (χ2v) is 4.47. The fraction of sp³-hybridized carbons (Fsp3) is 0.357. The van der Waals surface area contributed by atoms with E-state index in [1.807, 2.05) is 37.3 Å². The van der Waals surface area contributed by atoms with Gasteiger partial charge in [0.05, 0.1) is 25.3 Å². The van der Waals surface area contributed by atoms with Gasteiger partial charge in [-0.05, 0) is 24.4 Å². The van der Waals surface area contributed by atoms with Crippen LogP contribution in [0.4, 0.5) is 0 Å². The van der Waals surface area contributed by atoms with Gasteiger partial charge < -0.3 is 14.0 Å². The van der Waals surface area contributed by atoms with Gasteiger partial charge in [0.1, 0.15) is 0 Å². The summed E-state index contributed by atoms with van der Waals surface area (Å²) in [5.41, 5.74) is 1.69. The summed E-state index contributed by atoms with van der Waals surface area (Å²) in [5, 5.41) is 1.06. The number of nitrogens with zero attached hydrogens (tertiary/aromatic N) is 1. The molecule has 1 saturated heterocycles. The predicted molar refractivity (Wildman–Crippen MR) is 68.6 cm³/mol. The molecule has 0 radical (unpaired) electrons. The fourth-order valence-corrected chi connectivity index (χ4v) is 2.32. The van der Waals surface area contributed by atoms with Crippen LogP contribution in [-0.2, 0) is 16.0 Å². The van der Waals surface area contributed by atoms with Gasteiger partial charge in [0.25, 0.3) is 5.56 Å². The maximum Gasteiger partial charge on any atom is 0.254 e. The Balaban J connectivity index is 2.12. The van der Waals surface area contributed by atoms with Gasteiger partial charge in [-0.1, -0.05) is 18.2 Å². The Bertz CT molecular complexity index is 626. The quantitative estimate of drug-likeness (QED) is 0.808. The lowest BCUT2D eigenvalue weighted by molar-refractivity contribution is -0.0523. The van der Waals surface area contributed by atoms with Gasteiger partial charge in [-0.2, -0.15) is 0 Å². The van der Waals surface area contributed by atoms with E-state index in [0.29, 0.717) is 19.8 Å². The largest absolute Gasteiger partial charge is 0.348 e. The molecule has 0 aliphatic carbocycles. The number of pyridine rings is 1. The Morgan fingerprint density at radius 1 is 1.28 bits per heavy atom. The summed E-state index contributed by atoms with van der Waals surface area (Å²) in [4.78, 5) is 12.2. The Morgan fingerprint density at radius 2 is 2.00 bits per heavy atom. The van der Waals surface area contributed by atoms with E-state index >= 15 is 0 Å². The molecule has 2 heterocycles. The van der Waals surface area contributed by atoms with E-state index < -0.39 is 0 Å². The van der Waals surface area contributed by atoms with Crippen molar-refractivity contribution in [3.8, 4) is 0 Å². The number of rotatable bonds is 2. The minimum absolute atomic E-state index is 0.0211. The third kappa shape index (κ3) is 1.94. The fourth-order valence-electron chi connectivity index (χ4n) is 2.32. The first-order valence-corrected chi connectivity index (χ1v) is 6.08. The van der Waals surface area contributed by atoms with E-state index in [-0.39, 0.29) is 11.8 Å². The zero-order valence-electron chi connectivity index (χ0n) is 10.3. The molecule has 3 rings (SSSR count). The number of ether oxygens (including phenoxy) is 2. The van der Waals surface area contributed by atoms with E-state index in [2.05, 4.69) is 0 Å². The maximum absolute atomic E-state index is 12.2. The lowest BCUT2D eigenvalue weighted by atomic mass is 10.1. The molecule has 0 spiro atoms. The predicted octanol–water partition coefficient (Wildman–Crippen LogP) is 1.68. The Morgan fingerprint density at radius 3 is 2.78 bits per heavy atom. The van der Waals surface area contributed by atoms with E-state index in [9.17, 15) is 4.79 Å². The highest BCUT2D eigenvalue weighted by atomic mass is 16.7. The summed E-state index contributed by atoms with van der Waals surface area (Å²) >= 11 is 0. The first-order valence-electron chi connectivity index (χ1n) is 6.08. The van der Waals surface area contributed by atoms with Crippen LogP contribution in [0.2, 0.25) is 0 Å². The molecule has 4 heteroatoms. The second-order valence-electron chi connectivity index (χ2n) is 4.47. The van der Waals surface area contributed by atoms with Gasteiger partial charge in [-0.25, -0.2) is 0 Å². The summed E-state index contributed by atoms with van der Waals surface area (Å²) < 4.78 is 12.6. The molecule has 0 unspecified atom stereocenters. The first-order chi connectivity index (χ1) is 8.75. The van der Waals surface area contributed by atoms with Crippen LogP contribution < -0.4 is 5.56 Å². The van der Waals surface area contributed by atoms with E-state index in [4.69, 9.17) is 9.47 Å². The average molecular weight is 245 g/mol. The lowest BCUT2D eigenvalue weighted by Gasteiger charge is -2.15. The number of fused-ring (bicyclic) bond motifs is 1. The first kappa shape index (κ1) is 11.4. The van der Waals surface area contributed by atoms with Crippen LogP contribution in [-0.4, -0.2) is 24.1 Å². The molecule has 1 aliphatic rings. The van der Waals surface area contributed by atoms with Crippen molar-refractivity contribution >= 4 is 10.9 Å². The molecule has 2 aromatic rings. The van der Waals surface area contributed by atoms with E-state index in [0.717, 1.165) is 16.5 Å². The van der Waals surface area contributed by atoms with Crippen molar-refractivity contribution in [2.45, 2.75) is 19.8 Å². The molecule has 0 N–H and O–H groups in total. The van der Waals surface area contributed by atoms with Crippen molar-refractivity contribution in [1.82, 2.24) is 4.57 Å². The monoisotopic (exact) mass is 245 g/mol. The standard InChI is InChI=1S/C14H15NO3/c1-10-8-11-4-2-3-5-12(11)15(14(10)16)9-13-17-6-7-18-13/h2-5,8,13H,6-7,9H2,1H3. The zero-order chi connectivity index (χ0) is 12.5. The SMILES string of the molecule is Cc1cc2ccccc2n(CC2OCCO2)c1=O. The van der Waals surface area contributed by atoms with Crippen LogP contribution >= 0.6 is 0 Å². The molecule has 4 nitrogen and oxygen atoms in total. The number of para-hydroxylation sites is 1. The summed E-state index contributed by atoms with van der Waals surface area (Å²) in [5.74, 6) is 0. The van der Waals surface area contributed by atoms with Gasteiger partial charge in [0.15, 0.2) is 6.29 Å². The molecule has 18 heavy (non-hydrogen) atoms. The molecule has 1 fully saturated rings. The normalized spacial score (nSPS) is 16.5. The molecule has 1 aliphatic heterocycles. The van der Waals surface area contributed by atoms with Gasteiger partial charge >= 0.3 is 0 Å². The molecule has 94 valence electrons. The molecule has 0 amide bonds. The van der Waals surface area contributed by atoms with Crippen LogP contribution in [0.15, 0.2) is 35.1 Å². The molecule has 0 atom stereocenters. The van der Waals surface area contributed by atoms with Gasteiger partial charge in [-0.3, -0.25) is 4.79 Å². The second kappa shape index (κ2) is 4.55. The van der Waals surface area contributed by atoms with E-state index in [1.54, 1.807) is 4.57 Å². The van der Waals surface area contributed by atoms with Gasteiger partial charge in [-0.15, -0.1) is 0 Å². The molecular weight excluding hydrogens is 230 g/mol. The average Bonchev–Trinajstić information content (AvgIpc) is 2.88. The third-order valence-corrected chi connectivity index (χ3v) is 3.20. The Labute approximate surface area is 105 Å². The molecular formula is C14H15NO3. The molecule has 1 aromatic carbocycles. The summed E-state index contributed by atoms with van der Waals surface area (Å²) in [7, 11) is 0. The van der Waals surface area contributed by atoms with Crippen LogP contribution in [0.3, 0.4) is 0 Å². The van der Waals surface area contributed by atoms with Crippen LogP contribution in [0.1, 0.15) is 5.56 Å². The highest BCUT2D eigenvalue weighted by molar-refractivity contribution is 5.79. The van der Waals surface area contributed by atoms with Crippen LogP contribution in [0.25, 0.3) is 10.9 Å². The number of hydrogen-bond acceptors (Lipinski definition) is 3. The van der Waals surface area contributed by atoms with Crippen molar-refractivity contribution in [1.29, 1.82) is 0 Å². The minimum Gasteiger partial charge on any atom is -0.348 e. The highest BCUT2D eigenvalue weighted by Crippen LogP contribution is 2.15. The van der Waals surface area contributed by atoms with Crippen LogP contribution in [0, 0.1) is 6.92 Å². The highest BCUT2D eigenvalue weighted by Gasteiger charge is 2.18. The van der Waals surface area contributed by atoms with Crippen molar-refractivity contribution < 1.29 is 9.47 Å².